The Hall–Kier alpha value is -3.55. The number of H-pyrrole nitrogens is 1. The van der Waals surface area contributed by atoms with Crippen LogP contribution in [0.5, 0.6) is 0 Å². The number of benzene rings is 1. The first-order valence-electron chi connectivity index (χ1n) is 10.9. The van der Waals surface area contributed by atoms with Gasteiger partial charge in [0.25, 0.3) is 11.5 Å². The Morgan fingerprint density at radius 2 is 2.00 bits per heavy atom. The summed E-state index contributed by atoms with van der Waals surface area (Å²) in [7, 11) is 1.69. The molecule has 1 atom stereocenters. The van der Waals surface area contributed by atoms with Crippen LogP contribution >= 0.6 is 0 Å². The van der Waals surface area contributed by atoms with E-state index >= 15 is 0 Å². The molecular weight excluding hydrogens is 408 g/mol. The van der Waals surface area contributed by atoms with Crippen molar-refractivity contribution in [3.63, 3.8) is 0 Å². The maximum absolute atomic E-state index is 13.3. The van der Waals surface area contributed by atoms with Crippen LogP contribution in [0.4, 0.5) is 4.79 Å². The molecule has 2 saturated heterocycles. The van der Waals surface area contributed by atoms with Crippen LogP contribution in [-0.2, 0) is 17.7 Å². The third-order valence-corrected chi connectivity index (χ3v) is 6.63. The first-order chi connectivity index (χ1) is 15.4. The van der Waals surface area contributed by atoms with Crippen molar-refractivity contribution in [3.05, 3.63) is 69.8 Å². The molecule has 1 spiro atoms. The van der Waals surface area contributed by atoms with Crippen LogP contribution in [0.3, 0.4) is 0 Å². The highest BCUT2D eigenvalue weighted by atomic mass is 16.6. The second-order valence-corrected chi connectivity index (χ2v) is 8.87. The fraction of sp³-hybridized carbons (Fsp3) is 0.375. The normalized spacial score (nSPS) is 20.5. The fourth-order valence-corrected chi connectivity index (χ4v) is 4.86. The number of aromatic amines is 1. The lowest BCUT2D eigenvalue weighted by molar-refractivity contribution is 0.0551. The molecule has 8 nitrogen and oxygen atoms in total. The largest absolute Gasteiger partial charge is 0.439 e. The summed E-state index contributed by atoms with van der Waals surface area (Å²) in [6, 6.07) is 9.88. The molecule has 5 rings (SSSR count). The molecule has 2 fully saturated rings. The molecular formula is C24H26N4O4. The third-order valence-electron chi connectivity index (χ3n) is 6.63. The van der Waals surface area contributed by atoms with Crippen molar-refractivity contribution in [2.45, 2.75) is 31.9 Å². The molecule has 32 heavy (non-hydrogen) atoms. The number of likely N-dealkylation sites (N-methyl/N-ethyl adjacent to an activating group) is 1. The van der Waals surface area contributed by atoms with Crippen molar-refractivity contribution < 1.29 is 14.3 Å². The lowest BCUT2D eigenvalue weighted by Crippen LogP contribution is -2.41. The molecule has 0 saturated carbocycles. The molecule has 2 amide bonds. The summed E-state index contributed by atoms with van der Waals surface area (Å²) < 4.78 is 7.15. The van der Waals surface area contributed by atoms with Crippen LogP contribution in [0.1, 0.15) is 27.9 Å². The molecule has 8 heteroatoms. The molecule has 166 valence electrons. The molecule has 0 radical (unpaired) electrons. The van der Waals surface area contributed by atoms with Gasteiger partial charge >= 0.3 is 6.09 Å². The highest BCUT2D eigenvalue weighted by Gasteiger charge is 2.49. The highest BCUT2D eigenvalue weighted by molar-refractivity contribution is 5.95. The van der Waals surface area contributed by atoms with Crippen LogP contribution in [0.25, 0.3) is 10.9 Å². The summed E-state index contributed by atoms with van der Waals surface area (Å²) in [5.74, 6) is -0.295. The first kappa shape index (κ1) is 20.4. The number of aryl methyl sites for hydroxylation is 3. The van der Waals surface area contributed by atoms with Gasteiger partial charge in [0.05, 0.1) is 13.1 Å². The molecule has 1 unspecified atom stereocenters. The summed E-state index contributed by atoms with van der Waals surface area (Å²) in [5, 5.41) is 1.14. The van der Waals surface area contributed by atoms with Crippen LogP contribution in [-0.4, -0.2) is 63.6 Å². The molecule has 1 aromatic carbocycles. The number of amides is 2. The van der Waals surface area contributed by atoms with Gasteiger partial charge in [-0.05, 0) is 36.6 Å². The third kappa shape index (κ3) is 3.36. The van der Waals surface area contributed by atoms with Gasteiger partial charge in [-0.2, -0.15) is 0 Å². The topological polar surface area (TPSA) is 87.6 Å². The number of likely N-dealkylation sites (tertiary alicyclic amines) is 1. The number of hydrogen-bond acceptors (Lipinski definition) is 4. The van der Waals surface area contributed by atoms with Gasteiger partial charge in [0.2, 0.25) is 0 Å². The van der Waals surface area contributed by atoms with Gasteiger partial charge in [0.1, 0.15) is 5.56 Å². The molecule has 2 aromatic heterocycles. The second-order valence-electron chi connectivity index (χ2n) is 8.87. The Labute approximate surface area is 185 Å². The zero-order valence-corrected chi connectivity index (χ0v) is 18.3. The fourth-order valence-electron chi connectivity index (χ4n) is 4.86. The molecule has 2 aliphatic rings. The average Bonchev–Trinajstić information content (AvgIpc) is 3.45. The van der Waals surface area contributed by atoms with Crippen molar-refractivity contribution in [3.8, 4) is 0 Å². The highest BCUT2D eigenvalue weighted by Crippen LogP contribution is 2.32. The standard InChI is InChI=1S/C24H26N4O4/c1-16-7-10-27(11-8-17-13-25-19-6-4-3-5-18(17)19)21(29)20(16)22(30)28-12-9-24(15-28)14-26(2)23(31)32-24/h3-7,10,13,25H,8-9,11-12,14-15H2,1-2H3. The van der Waals surface area contributed by atoms with Crippen LogP contribution < -0.4 is 5.56 Å². The number of fused-ring (bicyclic) bond motifs is 1. The number of pyridine rings is 1. The number of ether oxygens (including phenoxy) is 1. The minimum absolute atomic E-state index is 0.196. The molecule has 4 heterocycles. The number of para-hydroxylation sites is 1. The Morgan fingerprint density at radius 1 is 1.19 bits per heavy atom. The van der Waals surface area contributed by atoms with Crippen molar-refractivity contribution in [2.75, 3.05) is 26.7 Å². The zero-order chi connectivity index (χ0) is 22.5. The van der Waals surface area contributed by atoms with E-state index in [0.717, 1.165) is 16.5 Å². The summed E-state index contributed by atoms with van der Waals surface area (Å²) in [6.45, 7) is 3.49. The number of carbonyl (C=O) groups is 2. The number of nitrogens with zero attached hydrogens (tertiary/aromatic N) is 3. The maximum Gasteiger partial charge on any atom is 0.410 e. The van der Waals surface area contributed by atoms with E-state index < -0.39 is 5.60 Å². The van der Waals surface area contributed by atoms with Crippen LogP contribution in [0.15, 0.2) is 47.5 Å². The van der Waals surface area contributed by atoms with Gasteiger partial charge in [-0.1, -0.05) is 18.2 Å². The second kappa shape index (κ2) is 7.55. The van der Waals surface area contributed by atoms with E-state index in [9.17, 15) is 14.4 Å². The van der Waals surface area contributed by atoms with Crippen molar-refractivity contribution in [2.24, 2.45) is 0 Å². The van der Waals surface area contributed by atoms with Gasteiger partial charge in [-0.3, -0.25) is 9.59 Å². The zero-order valence-electron chi connectivity index (χ0n) is 18.3. The van der Waals surface area contributed by atoms with E-state index in [1.807, 2.05) is 30.5 Å². The lowest BCUT2D eigenvalue weighted by atomic mass is 10.0. The Kier molecular flexibility index (Phi) is 4.80. The SMILES string of the molecule is Cc1ccn(CCc2c[nH]c3ccccc23)c(=O)c1C(=O)N1CCC2(CN(C)C(=O)O2)C1. The van der Waals surface area contributed by atoms with E-state index in [2.05, 4.69) is 11.1 Å². The number of rotatable bonds is 4. The first-order valence-corrected chi connectivity index (χ1v) is 10.9. The Bertz CT molecular complexity index is 1280. The molecule has 2 aliphatic heterocycles. The summed E-state index contributed by atoms with van der Waals surface area (Å²) in [5.41, 5.74) is 2.10. The van der Waals surface area contributed by atoms with Gasteiger partial charge in [0, 0.05) is 49.9 Å². The van der Waals surface area contributed by atoms with Crippen LogP contribution in [0, 0.1) is 6.92 Å². The molecule has 1 N–H and O–H groups in total. The van der Waals surface area contributed by atoms with E-state index in [0.29, 0.717) is 44.6 Å². The quantitative estimate of drug-likeness (QED) is 0.684. The number of carbonyl (C=O) groups excluding carboxylic acids is 2. The van der Waals surface area contributed by atoms with Crippen molar-refractivity contribution in [1.29, 1.82) is 0 Å². The Morgan fingerprint density at radius 3 is 2.78 bits per heavy atom. The number of aromatic nitrogens is 2. The summed E-state index contributed by atoms with van der Waals surface area (Å²) in [4.78, 5) is 44.8. The van der Waals surface area contributed by atoms with E-state index in [4.69, 9.17) is 4.74 Å². The molecule has 0 bridgehead atoms. The number of nitrogens with one attached hydrogen (secondary N) is 1. The predicted molar refractivity (Wildman–Crippen MR) is 120 cm³/mol. The van der Waals surface area contributed by atoms with Crippen molar-refractivity contribution >= 4 is 22.9 Å². The van der Waals surface area contributed by atoms with Gasteiger partial charge in [-0.25, -0.2) is 4.79 Å². The summed E-state index contributed by atoms with van der Waals surface area (Å²) in [6.07, 6.45) is 4.61. The maximum atomic E-state index is 13.3. The van der Waals surface area contributed by atoms with Gasteiger partial charge in [0.15, 0.2) is 5.60 Å². The van der Waals surface area contributed by atoms with E-state index in [1.165, 1.54) is 4.90 Å². The smallest absolute Gasteiger partial charge is 0.410 e. The minimum Gasteiger partial charge on any atom is -0.439 e. The van der Waals surface area contributed by atoms with E-state index in [1.54, 1.807) is 29.6 Å². The van der Waals surface area contributed by atoms with Crippen LogP contribution in [0.2, 0.25) is 0 Å². The lowest BCUT2D eigenvalue weighted by Gasteiger charge is -2.22. The van der Waals surface area contributed by atoms with Gasteiger partial charge < -0.3 is 24.1 Å². The predicted octanol–water partition coefficient (Wildman–Crippen LogP) is 2.55. The van der Waals surface area contributed by atoms with Crippen molar-refractivity contribution in [1.82, 2.24) is 19.4 Å². The van der Waals surface area contributed by atoms with Gasteiger partial charge in [-0.15, -0.1) is 0 Å². The molecule has 0 aliphatic carbocycles. The molecule has 3 aromatic rings. The average molecular weight is 434 g/mol. The summed E-state index contributed by atoms with van der Waals surface area (Å²) >= 11 is 0. The minimum atomic E-state index is -0.668. The van der Waals surface area contributed by atoms with E-state index in [-0.39, 0.29) is 23.1 Å². The Balaban J connectivity index is 1.36. The number of hydrogen-bond donors (Lipinski definition) is 1. The monoisotopic (exact) mass is 434 g/mol.